The van der Waals surface area contributed by atoms with Gasteiger partial charge >= 0.3 is 5.97 Å². The molecule has 0 radical (unpaired) electrons. The van der Waals surface area contributed by atoms with Crippen LogP contribution >= 0.6 is 23.2 Å². The molecule has 0 saturated carbocycles. The topological polar surface area (TPSA) is 57.5 Å². The van der Waals surface area contributed by atoms with Gasteiger partial charge in [0.05, 0.1) is 10.0 Å². The largest absolute Gasteiger partial charge is 0.505 e. The highest BCUT2D eigenvalue weighted by atomic mass is 35.5. The minimum atomic E-state index is -1.31. The number of hydrogen-bond acceptors (Lipinski definition) is 2. The number of halogens is 2. The van der Waals surface area contributed by atoms with Crippen LogP contribution in [0.15, 0.2) is 12.1 Å². The Labute approximate surface area is 78.2 Å². The number of carbonyl (C=O) groups is 1. The van der Waals surface area contributed by atoms with E-state index in [1.165, 1.54) is 12.1 Å². The third-order valence-electron chi connectivity index (χ3n) is 1.29. The van der Waals surface area contributed by atoms with Gasteiger partial charge in [-0.2, -0.15) is 0 Å². The molecule has 1 aromatic rings. The van der Waals surface area contributed by atoms with Crippen molar-refractivity contribution in [1.82, 2.24) is 0 Å². The standard InChI is InChI=1S/C7H4Cl2O3/c8-3-1-2-4(9)6(10)5(3)7(11)12/h1-2,10H,(H,11,12)/i1+1,2+1,3+1,4+1,5+1,6+1. The lowest BCUT2D eigenvalue weighted by Crippen LogP contribution is -1.97. The second-order valence-electron chi connectivity index (χ2n) is 2.06. The summed E-state index contributed by atoms with van der Waals surface area (Å²) < 4.78 is 0. The van der Waals surface area contributed by atoms with E-state index >= 15 is 0 Å². The molecule has 3 nitrogen and oxygen atoms in total. The molecule has 0 bridgehead atoms. The average Bonchev–Trinajstić information content (AvgIpc) is 1.97. The molecule has 1 aromatic carbocycles. The molecule has 5 heteroatoms. The van der Waals surface area contributed by atoms with Crippen molar-refractivity contribution in [2.24, 2.45) is 0 Å². The van der Waals surface area contributed by atoms with Gasteiger partial charge in [0.25, 0.3) is 0 Å². The maximum Gasteiger partial charge on any atom is 0.341 e. The van der Waals surface area contributed by atoms with Crippen molar-refractivity contribution in [2.45, 2.75) is 0 Å². The van der Waals surface area contributed by atoms with E-state index in [1.54, 1.807) is 0 Å². The van der Waals surface area contributed by atoms with Gasteiger partial charge in [0.2, 0.25) is 0 Å². The zero-order valence-electron chi connectivity index (χ0n) is 5.71. The molecule has 64 valence electrons. The minimum absolute atomic E-state index is 0.0307. The zero-order chi connectivity index (χ0) is 9.30. The van der Waals surface area contributed by atoms with Crippen molar-refractivity contribution in [2.75, 3.05) is 0 Å². The molecule has 0 heterocycles. The number of aromatic carboxylic acids is 1. The highest BCUT2D eigenvalue weighted by Crippen LogP contribution is 2.32. The van der Waals surface area contributed by atoms with Gasteiger partial charge in [-0.15, -0.1) is 0 Å². The van der Waals surface area contributed by atoms with Crippen LogP contribution in [-0.4, -0.2) is 16.2 Å². The molecule has 12 heavy (non-hydrogen) atoms. The van der Waals surface area contributed by atoms with E-state index in [9.17, 15) is 4.79 Å². The van der Waals surface area contributed by atoms with E-state index in [4.69, 9.17) is 33.4 Å². The number of aromatic hydroxyl groups is 1. The van der Waals surface area contributed by atoms with Crippen molar-refractivity contribution in [3.63, 3.8) is 0 Å². The van der Waals surface area contributed by atoms with Gasteiger partial charge in [-0.3, -0.25) is 0 Å². The first-order valence-corrected chi connectivity index (χ1v) is 3.70. The molecule has 0 spiro atoms. The quantitative estimate of drug-likeness (QED) is 0.752. The number of carboxylic acids is 1. The van der Waals surface area contributed by atoms with Crippen molar-refractivity contribution in [3.05, 3.63) is 27.7 Å². The van der Waals surface area contributed by atoms with E-state index in [0.29, 0.717) is 0 Å². The smallest absolute Gasteiger partial charge is 0.341 e. The van der Waals surface area contributed by atoms with Crippen molar-refractivity contribution < 1.29 is 15.0 Å². The van der Waals surface area contributed by atoms with E-state index in [1.807, 2.05) is 0 Å². The summed E-state index contributed by atoms with van der Waals surface area (Å²) in [5, 5.41) is 17.7. The van der Waals surface area contributed by atoms with Crippen molar-refractivity contribution in [3.8, 4) is 5.75 Å². The van der Waals surface area contributed by atoms with Crippen LogP contribution in [0.25, 0.3) is 0 Å². The van der Waals surface area contributed by atoms with E-state index in [0.717, 1.165) is 0 Å². The molecule has 0 fully saturated rings. The molecule has 0 amide bonds. The highest BCUT2D eigenvalue weighted by Gasteiger charge is 2.16. The lowest BCUT2D eigenvalue weighted by Gasteiger charge is -2.02. The van der Waals surface area contributed by atoms with Crippen LogP contribution in [0.5, 0.6) is 5.75 Å². The second-order valence-corrected chi connectivity index (χ2v) is 2.87. The van der Waals surface area contributed by atoms with Gasteiger partial charge in [-0.25, -0.2) is 4.79 Å². The molecule has 0 aromatic heterocycles. The number of benzene rings is 1. The summed E-state index contributed by atoms with van der Waals surface area (Å²) in [7, 11) is 0. The van der Waals surface area contributed by atoms with Crippen LogP contribution in [0.2, 0.25) is 10.0 Å². The van der Waals surface area contributed by atoms with Crippen LogP contribution < -0.4 is 0 Å². The summed E-state index contributed by atoms with van der Waals surface area (Å²) in [6, 6.07) is 2.64. The van der Waals surface area contributed by atoms with Gasteiger partial charge < -0.3 is 10.2 Å². The molecular weight excluding hydrogens is 209 g/mol. The normalized spacial score (nSPS) is 9.83. The highest BCUT2D eigenvalue weighted by molar-refractivity contribution is 6.36. The van der Waals surface area contributed by atoms with E-state index < -0.39 is 11.7 Å². The van der Waals surface area contributed by atoms with Crippen LogP contribution in [0, 0.1) is 0 Å². The predicted molar refractivity (Wildman–Crippen MR) is 45.1 cm³/mol. The fraction of sp³-hybridized carbons (Fsp3) is 0. The third kappa shape index (κ3) is 1.47. The number of hydrogen-bond donors (Lipinski definition) is 2. The van der Waals surface area contributed by atoms with Gasteiger partial charge in [-0.1, -0.05) is 23.2 Å². The Bertz CT molecular complexity index is 336. The Morgan fingerprint density at radius 1 is 1.25 bits per heavy atom. The zero-order valence-corrected chi connectivity index (χ0v) is 7.23. The summed E-state index contributed by atoms with van der Waals surface area (Å²) in [5.41, 5.74) is -0.371. The van der Waals surface area contributed by atoms with Gasteiger partial charge in [0, 0.05) is 0 Å². The first-order chi connectivity index (χ1) is 5.54. The molecule has 1 rings (SSSR count). The predicted octanol–water partition coefficient (Wildman–Crippen LogP) is 2.40. The molecule has 0 atom stereocenters. The summed E-state index contributed by atoms with van der Waals surface area (Å²) in [4.78, 5) is 10.5. The first-order valence-electron chi connectivity index (χ1n) is 2.94. The Balaban J connectivity index is 3.43. The molecular formula is C7H4Cl2O3. The summed E-state index contributed by atoms with van der Waals surface area (Å²) in [5.74, 6) is -1.81. The Hall–Kier alpha value is -0.930. The van der Waals surface area contributed by atoms with Crippen LogP contribution in [0.3, 0.4) is 0 Å². The van der Waals surface area contributed by atoms with Gasteiger partial charge in [0.1, 0.15) is 11.3 Å². The van der Waals surface area contributed by atoms with Crippen molar-refractivity contribution >= 4 is 29.2 Å². The molecule has 0 unspecified atom stereocenters. The fourth-order valence-electron chi connectivity index (χ4n) is 0.745. The third-order valence-corrected chi connectivity index (χ3v) is 1.91. The first kappa shape index (κ1) is 9.16. The lowest BCUT2D eigenvalue weighted by atomic mass is 10.9. The van der Waals surface area contributed by atoms with Gasteiger partial charge in [-0.05, 0) is 12.1 Å². The van der Waals surface area contributed by atoms with Gasteiger partial charge in [0.15, 0.2) is 0 Å². The summed E-state index contributed by atoms with van der Waals surface area (Å²) in [6.45, 7) is 0. The number of rotatable bonds is 1. The average molecular weight is 213 g/mol. The number of phenols is 1. The second kappa shape index (κ2) is 3.21. The fourth-order valence-corrected chi connectivity index (χ4v) is 1.14. The molecule has 2 N–H and O–H groups in total. The Morgan fingerprint density at radius 2 is 1.75 bits per heavy atom. The Morgan fingerprint density at radius 3 is 2.17 bits per heavy atom. The number of carboxylic acid groups (broad SMARTS) is 1. The maximum absolute atomic E-state index is 10.5. The van der Waals surface area contributed by atoms with Crippen LogP contribution in [0.4, 0.5) is 0 Å². The molecule has 0 saturated heterocycles. The molecule has 0 aliphatic rings. The van der Waals surface area contributed by atoms with E-state index in [2.05, 4.69) is 0 Å². The van der Waals surface area contributed by atoms with Crippen molar-refractivity contribution in [1.29, 1.82) is 0 Å². The SMILES string of the molecule is O=C(O)[13c]1[13c](Cl)[13cH][13cH][13c](Cl)[13c]1O. The van der Waals surface area contributed by atoms with Crippen LogP contribution in [-0.2, 0) is 0 Å². The minimum Gasteiger partial charge on any atom is -0.505 e. The molecule has 0 aliphatic heterocycles. The Kier molecular flexibility index (Phi) is 2.45. The van der Waals surface area contributed by atoms with E-state index in [-0.39, 0.29) is 15.6 Å². The monoisotopic (exact) mass is 212 g/mol. The lowest BCUT2D eigenvalue weighted by molar-refractivity contribution is 0.0694. The summed E-state index contributed by atoms with van der Waals surface area (Å²) >= 11 is 11.0. The summed E-state index contributed by atoms with van der Waals surface area (Å²) in [6.07, 6.45) is 0. The maximum atomic E-state index is 10.5. The molecule has 0 aliphatic carbocycles. The van der Waals surface area contributed by atoms with Crippen LogP contribution in [0.1, 0.15) is 10.4 Å².